The van der Waals surface area contributed by atoms with Crippen LogP contribution in [0.1, 0.15) is 15.9 Å². The Balaban J connectivity index is 2.04. The fraction of sp³-hybridized carbons (Fsp3) is 0.143. The molecule has 1 heterocycles. The van der Waals surface area contributed by atoms with Gasteiger partial charge in [-0.25, -0.2) is 13.8 Å². The minimum Gasteiger partial charge on any atom is -0.481 e. The molecule has 1 amide bonds. The third-order valence-electron chi connectivity index (χ3n) is 2.58. The first-order valence-corrected chi connectivity index (χ1v) is 5.81. The summed E-state index contributed by atoms with van der Waals surface area (Å²) in [6, 6.07) is 6.09. The zero-order chi connectivity index (χ0) is 14.5. The first kappa shape index (κ1) is 13.9. The average Bonchev–Trinajstić information content (AvgIpc) is 2.44. The van der Waals surface area contributed by atoms with E-state index >= 15 is 0 Å². The monoisotopic (exact) mass is 278 g/mol. The van der Waals surface area contributed by atoms with Crippen molar-refractivity contribution in [3.8, 4) is 5.88 Å². The van der Waals surface area contributed by atoms with Crippen molar-refractivity contribution in [2.75, 3.05) is 7.11 Å². The molecule has 0 saturated carbocycles. The van der Waals surface area contributed by atoms with Crippen LogP contribution in [0.25, 0.3) is 0 Å². The van der Waals surface area contributed by atoms with E-state index < -0.39 is 11.6 Å². The SMILES string of the molecule is COc1cc(C(=O)NCc2cc(F)cc(F)c2)ccn1. The summed E-state index contributed by atoms with van der Waals surface area (Å²) in [4.78, 5) is 15.8. The predicted octanol–water partition coefficient (Wildman–Crippen LogP) is 2.30. The molecule has 2 aromatic rings. The lowest BCUT2D eigenvalue weighted by Gasteiger charge is -2.06. The standard InChI is InChI=1S/C14H12F2N2O2/c1-20-13-6-10(2-3-17-13)14(19)18-8-9-4-11(15)7-12(16)5-9/h2-7H,8H2,1H3,(H,18,19). The summed E-state index contributed by atoms with van der Waals surface area (Å²) in [6.45, 7) is 0.0259. The number of halogens is 2. The normalized spacial score (nSPS) is 10.2. The van der Waals surface area contributed by atoms with Gasteiger partial charge < -0.3 is 10.1 Å². The molecule has 4 nitrogen and oxygen atoms in total. The maximum absolute atomic E-state index is 13.0. The van der Waals surface area contributed by atoms with Crippen LogP contribution in [0.5, 0.6) is 5.88 Å². The Morgan fingerprint density at radius 2 is 1.95 bits per heavy atom. The van der Waals surface area contributed by atoms with Gasteiger partial charge in [-0.15, -0.1) is 0 Å². The van der Waals surface area contributed by atoms with Crippen LogP contribution in [0, 0.1) is 11.6 Å². The quantitative estimate of drug-likeness (QED) is 0.933. The minimum atomic E-state index is -0.681. The largest absolute Gasteiger partial charge is 0.481 e. The number of hydrogen-bond donors (Lipinski definition) is 1. The Morgan fingerprint density at radius 1 is 1.25 bits per heavy atom. The lowest BCUT2D eigenvalue weighted by atomic mass is 10.2. The third kappa shape index (κ3) is 3.50. The number of amides is 1. The van der Waals surface area contributed by atoms with Crippen molar-refractivity contribution in [3.63, 3.8) is 0 Å². The van der Waals surface area contributed by atoms with E-state index in [-0.39, 0.29) is 12.5 Å². The van der Waals surface area contributed by atoms with Crippen LogP contribution in [-0.4, -0.2) is 18.0 Å². The van der Waals surface area contributed by atoms with Gasteiger partial charge in [-0.3, -0.25) is 4.79 Å². The van der Waals surface area contributed by atoms with E-state index in [1.54, 1.807) is 0 Å². The molecule has 104 valence electrons. The molecule has 6 heteroatoms. The summed E-state index contributed by atoms with van der Waals surface area (Å²) in [7, 11) is 1.44. The molecule has 2 rings (SSSR count). The van der Waals surface area contributed by atoms with Crippen molar-refractivity contribution in [2.24, 2.45) is 0 Å². The summed E-state index contributed by atoms with van der Waals surface area (Å²) in [5.74, 6) is -1.43. The van der Waals surface area contributed by atoms with Gasteiger partial charge >= 0.3 is 0 Å². The van der Waals surface area contributed by atoms with Crippen molar-refractivity contribution >= 4 is 5.91 Å². The maximum atomic E-state index is 13.0. The molecule has 1 N–H and O–H groups in total. The number of carbonyl (C=O) groups is 1. The number of nitrogens with zero attached hydrogens (tertiary/aromatic N) is 1. The highest BCUT2D eigenvalue weighted by Gasteiger charge is 2.08. The molecule has 0 aliphatic rings. The Hall–Kier alpha value is -2.50. The summed E-state index contributed by atoms with van der Waals surface area (Å²) in [6.07, 6.45) is 1.44. The van der Waals surface area contributed by atoms with Crippen LogP contribution >= 0.6 is 0 Å². The van der Waals surface area contributed by atoms with E-state index in [4.69, 9.17) is 4.74 Å². The number of carbonyl (C=O) groups excluding carboxylic acids is 1. The topological polar surface area (TPSA) is 51.2 Å². The van der Waals surface area contributed by atoms with Crippen molar-refractivity contribution < 1.29 is 18.3 Å². The predicted molar refractivity (Wildman–Crippen MR) is 68.3 cm³/mol. The molecule has 0 spiro atoms. The van der Waals surface area contributed by atoms with Gasteiger partial charge in [0.1, 0.15) is 11.6 Å². The van der Waals surface area contributed by atoms with E-state index in [0.717, 1.165) is 18.2 Å². The van der Waals surface area contributed by atoms with Gasteiger partial charge in [-0.05, 0) is 23.8 Å². The fourth-order valence-corrected chi connectivity index (χ4v) is 1.66. The van der Waals surface area contributed by atoms with Crippen LogP contribution < -0.4 is 10.1 Å². The van der Waals surface area contributed by atoms with E-state index in [0.29, 0.717) is 17.0 Å². The molecule has 1 aromatic carbocycles. The van der Waals surface area contributed by atoms with Crippen LogP contribution in [0.15, 0.2) is 36.5 Å². The van der Waals surface area contributed by atoms with Crippen LogP contribution in [-0.2, 0) is 6.54 Å². The van der Waals surface area contributed by atoms with Gasteiger partial charge in [-0.2, -0.15) is 0 Å². The molecule has 0 aliphatic heterocycles. The second kappa shape index (κ2) is 6.10. The Labute approximate surface area is 114 Å². The number of pyridine rings is 1. The van der Waals surface area contributed by atoms with Gasteiger partial charge in [0, 0.05) is 30.4 Å². The Bertz CT molecular complexity index is 612. The molecule has 0 bridgehead atoms. The average molecular weight is 278 g/mol. The van der Waals surface area contributed by atoms with Gasteiger partial charge in [0.05, 0.1) is 7.11 Å². The molecule has 0 saturated heterocycles. The van der Waals surface area contributed by atoms with E-state index in [1.807, 2.05) is 0 Å². The first-order valence-electron chi connectivity index (χ1n) is 5.81. The first-order chi connectivity index (χ1) is 9.58. The number of aromatic nitrogens is 1. The van der Waals surface area contributed by atoms with Crippen molar-refractivity contribution in [3.05, 3.63) is 59.3 Å². The number of benzene rings is 1. The van der Waals surface area contributed by atoms with Gasteiger partial charge in [-0.1, -0.05) is 0 Å². The minimum absolute atomic E-state index is 0.0259. The number of nitrogens with one attached hydrogen (secondary N) is 1. The fourth-order valence-electron chi connectivity index (χ4n) is 1.66. The smallest absolute Gasteiger partial charge is 0.251 e. The molecule has 0 fully saturated rings. The Morgan fingerprint density at radius 3 is 2.60 bits per heavy atom. The summed E-state index contributed by atoms with van der Waals surface area (Å²) >= 11 is 0. The summed E-state index contributed by atoms with van der Waals surface area (Å²) < 4.78 is 30.9. The second-order valence-corrected chi connectivity index (χ2v) is 4.05. The molecule has 20 heavy (non-hydrogen) atoms. The van der Waals surface area contributed by atoms with Gasteiger partial charge in [0.25, 0.3) is 5.91 Å². The van der Waals surface area contributed by atoms with Crippen molar-refractivity contribution in [2.45, 2.75) is 6.54 Å². The van der Waals surface area contributed by atoms with Crippen LogP contribution in [0.3, 0.4) is 0 Å². The third-order valence-corrected chi connectivity index (χ3v) is 2.58. The maximum Gasteiger partial charge on any atom is 0.251 e. The molecular weight excluding hydrogens is 266 g/mol. The number of rotatable bonds is 4. The molecular formula is C14H12F2N2O2. The number of methoxy groups -OCH3 is 1. The van der Waals surface area contributed by atoms with Crippen molar-refractivity contribution in [1.82, 2.24) is 10.3 Å². The molecule has 0 aliphatic carbocycles. The van der Waals surface area contributed by atoms with Gasteiger partial charge in [0.15, 0.2) is 0 Å². The summed E-state index contributed by atoms with van der Waals surface area (Å²) in [5.41, 5.74) is 0.700. The van der Waals surface area contributed by atoms with Gasteiger partial charge in [0.2, 0.25) is 5.88 Å². The Kier molecular flexibility index (Phi) is 4.24. The van der Waals surface area contributed by atoms with Crippen LogP contribution in [0.4, 0.5) is 8.78 Å². The molecule has 0 unspecified atom stereocenters. The number of ether oxygens (including phenoxy) is 1. The summed E-state index contributed by atoms with van der Waals surface area (Å²) in [5, 5.41) is 2.57. The zero-order valence-corrected chi connectivity index (χ0v) is 10.7. The highest BCUT2D eigenvalue weighted by molar-refractivity contribution is 5.94. The van der Waals surface area contributed by atoms with E-state index in [9.17, 15) is 13.6 Å². The van der Waals surface area contributed by atoms with E-state index in [1.165, 1.54) is 25.4 Å². The highest BCUT2D eigenvalue weighted by Crippen LogP contribution is 2.10. The molecule has 0 atom stereocenters. The lowest BCUT2D eigenvalue weighted by molar-refractivity contribution is 0.0950. The van der Waals surface area contributed by atoms with Crippen molar-refractivity contribution in [1.29, 1.82) is 0 Å². The van der Waals surface area contributed by atoms with Crippen LogP contribution in [0.2, 0.25) is 0 Å². The molecule has 0 radical (unpaired) electrons. The second-order valence-electron chi connectivity index (χ2n) is 4.05. The zero-order valence-electron chi connectivity index (χ0n) is 10.7. The van der Waals surface area contributed by atoms with E-state index in [2.05, 4.69) is 10.3 Å². The lowest BCUT2D eigenvalue weighted by Crippen LogP contribution is -2.23. The number of hydrogen-bond acceptors (Lipinski definition) is 3. The highest BCUT2D eigenvalue weighted by atomic mass is 19.1. The molecule has 1 aromatic heterocycles.